The fourth-order valence-corrected chi connectivity index (χ4v) is 1.85. The maximum absolute atomic E-state index is 10.9. The highest BCUT2D eigenvalue weighted by Crippen LogP contribution is 2.23. The Bertz CT molecular complexity index is 700. The molecule has 16 heavy (non-hydrogen) atoms. The minimum absolute atomic E-state index is 0.182. The normalized spacial score (nSPS) is 11.0. The quantitative estimate of drug-likeness (QED) is 0.651. The zero-order valence-corrected chi connectivity index (χ0v) is 8.27. The molecule has 2 N–H and O–H groups in total. The predicted octanol–water partition coefficient (Wildman–Crippen LogP) is 2.41. The number of carbonyl (C=O) groups is 1. The summed E-state index contributed by atoms with van der Waals surface area (Å²) in [6.07, 6.45) is 1.71. The van der Waals surface area contributed by atoms with Crippen molar-refractivity contribution < 1.29 is 9.90 Å². The summed E-state index contributed by atoms with van der Waals surface area (Å²) in [5.41, 5.74) is 1.86. The number of pyridine rings is 1. The maximum Gasteiger partial charge on any atom is 0.352 e. The highest BCUT2D eigenvalue weighted by molar-refractivity contribution is 6.05. The van der Waals surface area contributed by atoms with E-state index in [4.69, 9.17) is 5.11 Å². The van der Waals surface area contributed by atoms with Crippen LogP contribution < -0.4 is 0 Å². The van der Waals surface area contributed by atoms with Crippen LogP contribution in [0.3, 0.4) is 0 Å². The third-order valence-corrected chi connectivity index (χ3v) is 2.63. The lowest BCUT2D eigenvalue weighted by Crippen LogP contribution is -1.99. The summed E-state index contributed by atoms with van der Waals surface area (Å²) in [4.78, 5) is 18.0. The highest BCUT2D eigenvalue weighted by Gasteiger charge is 2.06. The van der Waals surface area contributed by atoms with E-state index in [1.807, 2.05) is 18.2 Å². The Kier molecular flexibility index (Phi) is 1.71. The van der Waals surface area contributed by atoms with Crippen LogP contribution >= 0.6 is 0 Å². The number of aromatic nitrogens is 2. The van der Waals surface area contributed by atoms with Crippen molar-refractivity contribution in [2.45, 2.75) is 0 Å². The molecule has 0 bridgehead atoms. The van der Waals surface area contributed by atoms with E-state index in [2.05, 4.69) is 9.97 Å². The number of aromatic carboxylic acids is 1. The van der Waals surface area contributed by atoms with Crippen molar-refractivity contribution in [3.05, 3.63) is 42.2 Å². The lowest BCUT2D eigenvalue weighted by Gasteiger charge is -2.02. The number of rotatable bonds is 1. The number of fused-ring (bicyclic) bond motifs is 3. The van der Waals surface area contributed by atoms with Gasteiger partial charge in [-0.2, -0.15) is 0 Å². The van der Waals surface area contributed by atoms with Crippen molar-refractivity contribution in [2.75, 3.05) is 0 Å². The summed E-state index contributed by atoms with van der Waals surface area (Å²) < 4.78 is 0. The third kappa shape index (κ3) is 1.16. The van der Waals surface area contributed by atoms with E-state index in [1.165, 1.54) is 0 Å². The van der Waals surface area contributed by atoms with Gasteiger partial charge in [0.1, 0.15) is 5.69 Å². The van der Waals surface area contributed by atoms with Crippen LogP contribution in [0.1, 0.15) is 10.5 Å². The van der Waals surface area contributed by atoms with Gasteiger partial charge in [0.05, 0.1) is 11.0 Å². The fraction of sp³-hybridized carbons (Fsp3) is 0. The van der Waals surface area contributed by atoms with Crippen molar-refractivity contribution in [3.8, 4) is 0 Å². The fourth-order valence-electron chi connectivity index (χ4n) is 1.85. The maximum atomic E-state index is 10.9. The Balaban J connectivity index is 2.46. The number of hydrogen-bond acceptors (Lipinski definition) is 2. The molecule has 0 radical (unpaired) electrons. The molecular weight excluding hydrogens is 204 g/mol. The standard InChI is InChI=1S/C12H8N2O2/c15-12(16)10-4-2-7-1-3-9-8(5-6-13-9)11(7)14-10/h1-6,14H,(H,15,16). The van der Waals surface area contributed by atoms with Gasteiger partial charge in [0.2, 0.25) is 0 Å². The number of carboxylic acid groups (broad SMARTS) is 1. The molecule has 0 spiro atoms. The molecule has 0 fully saturated rings. The summed E-state index contributed by atoms with van der Waals surface area (Å²) in [6, 6.07) is 9.08. The zero-order valence-electron chi connectivity index (χ0n) is 8.27. The van der Waals surface area contributed by atoms with Gasteiger partial charge in [-0.15, -0.1) is 0 Å². The summed E-state index contributed by atoms with van der Waals surface area (Å²) in [5.74, 6) is -0.960. The van der Waals surface area contributed by atoms with Crippen LogP contribution in [0.25, 0.3) is 21.8 Å². The van der Waals surface area contributed by atoms with E-state index < -0.39 is 5.97 Å². The smallest absolute Gasteiger partial charge is 0.352 e. The van der Waals surface area contributed by atoms with E-state index in [0.29, 0.717) is 0 Å². The average molecular weight is 212 g/mol. The number of aromatic amines is 1. The second kappa shape index (κ2) is 3.06. The van der Waals surface area contributed by atoms with E-state index in [1.54, 1.807) is 18.3 Å². The van der Waals surface area contributed by atoms with E-state index in [0.717, 1.165) is 21.8 Å². The van der Waals surface area contributed by atoms with E-state index >= 15 is 0 Å². The van der Waals surface area contributed by atoms with Gasteiger partial charge in [0.25, 0.3) is 0 Å². The van der Waals surface area contributed by atoms with Gasteiger partial charge in [-0.3, -0.25) is 4.98 Å². The van der Waals surface area contributed by atoms with Crippen LogP contribution in [0, 0.1) is 0 Å². The lowest BCUT2D eigenvalue weighted by molar-refractivity contribution is 0.0691. The Morgan fingerprint density at radius 1 is 1.19 bits per heavy atom. The third-order valence-electron chi connectivity index (χ3n) is 2.63. The number of nitrogens with zero attached hydrogens (tertiary/aromatic N) is 1. The second-order valence-electron chi connectivity index (χ2n) is 3.58. The van der Waals surface area contributed by atoms with Gasteiger partial charge in [-0.1, -0.05) is 12.1 Å². The van der Waals surface area contributed by atoms with E-state index in [-0.39, 0.29) is 5.69 Å². The van der Waals surface area contributed by atoms with Crippen LogP contribution in [0.5, 0.6) is 0 Å². The van der Waals surface area contributed by atoms with Gasteiger partial charge < -0.3 is 10.1 Å². The first kappa shape index (κ1) is 8.91. The van der Waals surface area contributed by atoms with Crippen LogP contribution in [0.2, 0.25) is 0 Å². The Hall–Kier alpha value is -2.36. The second-order valence-corrected chi connectivity index (χ2v) is 3.58. The molecule has 1 aromatic carbocycles. The monoisotopic (exact) mass is 212 g/mol. The number of benzene rings is 1. The largest absolute Gasteiger partial charge is 0.477 e. The molecular formula is C12H8N2O2. The summed E-state index contributed by atoms with van der Waals surface area (Å²) in [7, 11) is 0. The van der Waals surface area contributed by atoms with Crippen molar-refractivity contribution in [3.63, 3.8) is 0 Å². The molecule has 0 amide bonds. The molecule has 0 atom stereocenters. The summed E-state index contributed by atoms with van der Waals surface area (Å²) in [6.45, 7) is 0. The van der Waals surface area contributed by atoms with Crippen LogP contribution in [0.4, 0.5) is 0 Å². The van der Waals surface area contributed by atoms with Crippen molar-refractivity contribution >= 4 is 27.8 Å². The van der Waals surface area contributed by atoms with Gasteiger partial charge in [-0.25, -0.2) is 4.79 Å². The van der Waals surface area contributed by atoms with E-state index in [9.17, 15) is 4.79 Å². The highest BCUT2D eigenvalue weighted by atomic mass is 16.4. The van der Waals surface area contributed by atoms with Crippen LogP contribution in [0.15, 0.2) is 36.5 Å². The van der Waals surface area contributed by atoms with Gasteiger partial charge in [0, 0.05) is 11.6 Å². The topological polar surface area (TPSA) is 66.0 Å². The Labute approximate surface area is 90.5 Å². The summed E-state index contributed by atoms with van der Waals surface area (Å²) in [5, 5.41) is 10.8. The molecule has 4 heteroatoms. The molecule has 2 aromatic heterocycles. The molecule has 3 aromatic rings. The molecule has 0 aliphatic heterocycles. The molecule has 0 saturated heterocycles. The van der Waals surface area contributed by atoms with Gasteiger partial charge >= 0.3 is 5.97 Å². The van der Waals surface area contributed by atoms with Crippen molar-refractivity contribution in [1.82, 2.24) is 9.97 Å². The number of H-pyrrole nitrogens is 1. The first-order valence-corrected chi connectivity index (χ1v) is 4.85. The van der Waals surface area contributed by atoms with Crippen molar-refractivity contribution in [2.24, 2.45) is 0 Å². The van der Waals surface area contributed by atoms with Crippen LogP contribution in [-0.4, -0.2) is 21.0 Å². The number of carboxylic acids is 1. The van der Waals surface area contributed by atoms with Gasteiger partial charge in [-0.05, 0) is 23.6 Å². The molecule has 2 heterocycles. The molecule has 3 rings (SSSR count). The lowest BCUT2D eigenvalue weighted by atomic mass is 10.1. The first-order chi connectivity index (χ1) is 7.75. The number of nitrogens with one attached hydrogen (secondary N) is 1. The average Bonchev–Trinajstić information content (AvgIpc) is 2.76. The predicted molar refractivity (Wildman–Crippen MR) is 60.6 cm³/mol. The molecule has 78 valence electrons. The van der Waals surface area contributed by atoms with Crippen molar-refractivity contribution in [1.29, 1.82) is 0 Å². The molecule has 0 saturated carbocycles. The minimum Gasteiger partial charge on any atom is -0.477 e. The molecule has 0 unspecified atom stereocenters. The number of hydrogen-bond donors (Lipinski definition) is 2. The Morgan fingerprint density at radius 3 is 2.81 bits per heavy atom. The minimum atomic E-state index is -0.960. The Morgan fingerprint density at radius 2 is 2.00 bits per heavy atom. The first-order valence-electron chi connectivity index (χ1n) is 4.85. The zero-order chi connectivity index (χ0) is 11.1. The molecule has 0 aliphatic rings. The summed E-state index contributed by atoms with van der Waals surface area (Å²) >= 11 is 0. The van der Waals surface area contributed by atoms with Crippen LogP contribution in [-0.2, 0) is 0 Å². The molecule has 0 aliphatic carbocycles. The van der Waals surface area contributed by atoms with Gasteiger partial charge in [0.15, 0.2) is 0 Å². The SMILES string of the molecule is O=C(O)c1ccc2ccc3nccc3c2[nH]1. The molecule has 4 nitrogen and oxygen atoms in total.